The van der Waals surface area contributed by atoms with Crippen molar-refractivity contribution >= 4 is 17.6 Å². The van der Waals surface area contributed by atoms with E-state index >= 15 is 0 Å². The molecule has 1 amide bonds. The van der Waals surface area contributed by atoms with E-state index in [0.717, 1.165) is 36.4 Å². The lowest BCUT2D eigenvalue weighted by Crippen LogP contribution is -2.36. The van der Waals surface area contributed by atoms with E-state index < -0.39 is 0 Å². The third-order valence-electron chi connectivity index (χ3n) is 4.38. The lowest BCUT2D eigenvalue weighted by atomic mass is 10.1. The lowest BCUT2D eigenvalue weighted by Gasteiger charge is -2.14. The molecule has 0 radical (unpaired) electrons. The smallest absolute Gasteiger partial charge is 0.257 e. The quantitative estimate of drug-likeness (QED) is 0.628. The number of anilines is 1. The number of guanidine groups is 1. The summed E-state index contributed by atoms with van der Waals surface area (Å²) >= 11 is 0. The van der Waals surface area contributed by atoms with Gasteiger partial charge in [0.15, 0.2) is 0 Å². The summed E-state index contributed by atoms with van der Waals surface area (Å²) in [6.45, 7) is 3.27. The van der Waals surface area contributed by atoms with E-state index in [1.165, 1.54) is 0 Å². The number of nitrogens with zero attached hydrogens (tertiary/aromatic N) is 1. The standard InChI is InChI=1S/C21H25N3O3/c1-15-5-7-16(8-6-15)20(25)24-21(22-14-19-4-3-13-27-19)23-17-9-11-18(26-2)12-10-17/h5-12,19H,3-4,13-14H2,1-2H3,(H2,22,23,24,25). The molecule has 3 rings (SSSR count). The normalized spacial score (nSPS) is 16.8. The topological polar surface area (TPSA) is 71.9 Å². The fourth-order valence-corrected chi connectivity index (χ4v) is 2.79. The summed E-state index contributed by atoms with van der Waals surface area (Å²) in [5.74, 6) is 0.963. The fraction of sp³-hybridized carbons (Fsp3) is 0.333. The molecule has 1 aliphatic heterocycles. The van der Waals surface area contributed by atoms with Gasteiger partial charge in [-0.3, -0.25) is 10.1 Å². The zero-order chi connectivity index (χ0) is 19.1. The van der Waals surface area contributed by atoms with Crippen LogP contribution in [0.3, 0.4) is 0 Å². The highest BCUT2D eigenvalue weighted by Gasteiger charge is 2.16. The summed E-state index contributed by atoms with van der Waals surface area (Å²) in [5, 5.41) is 6.04. The van der Waals surface area contributed by atoms with E-state index in [-0.39, 0.29) is 12.0 Å². The van der Waals surface area contributed by atoms with Crippen LogP contribution in [0, 0.1) is 6.92 Å². The molecule has 27 heavy (non-hydrogen) atoms. The summed E-state index contributed by atoms with van der Waals surface area (Å²) in [4.78, 5) is 17.1. The van der Waals surface area contributed by atoms with Gasteiger partial charge >= 0.3 is 0 Å². The van der Waals surface area contributed by atoms with Crippen molar-refractivity contribution in [2.45, 2.75) is 25.9 Å². The van der Waals surface area contributed by atoms with Crippen LogP contribution in [0.15, 0.2) is 53.5 Å². The number of carbonyl (C=O) groups is 1. The molecule has 1 heterocycles. The van der Waals surface area contributed by atoms with E-state index in [1.54, 1.807) is 19.2 Å². The third-order valence-corrected chi connectivity index (χ3v) is 4.38. The second-order valence-electron chi connectivity index (χ2n) is 6.50. The van der Waals surface area contributed by atoms with Crippen LogP contribution in [0.25, 0.3) is 0 Å². The Morgan fingerprint density at radius 2 is 1.93 bits per heavy atom. The molecular formula is C21H25N3O3. The van der Waals surface area contributed by atoms with Gasteiger partial charge in [-0.15, -0.1) is 0 Å². The van der Waals surface area contributed by atoms with Crippen molar-refractivity contribution in [1.29, 1.82) is 0 Å². The number of ether oxygens (including phenoxy) is 2. The predicted octanol–water partition coefficient (Wildman–Crippen LogP) is 3.38. The number of hydrogen-bond acceptors (Lipinski definition) is 4. The molecule has 6 nitrogen and oxygen atoms in total. The van der Waals surface area contributed by atoms with Gasteiger partial charge in [-0.1, -0.05) is 17.7 Å². The molecule has 1 atom stereocenters. The summed E-state index contributed by atoms with van der Waals surface area (Å²) in [5.41, 5.74) is 2.50. The molecular weight excluding hydrogens is 342 g/mol. The van der Waals surface area contributed by atoms with Gasteiger partial charge in [0.05, 0.1) is 19.8 Å². The van der Waals surface area contributed by atoms with E-state index in [9.17, 15) is 4.79 Å². The number of rotatable bonds is 5. The average molecular weight is 367 g/mol. The van der Waals surface area contributed by atoms with Crippen molar-refractivity contribution in [2.75, 3.05) is 25.6 Å². The Bertz CT molecular complexity index is 779. The number of nitrogens with one attached hydrogen (secondary N) is 2. The van der Waals surface area contributed by atoms with Crippen molar-refractivity contribution in [3.8, 4) is 5.75 Å². The van der Waals surface area contributed by atoms with Gasteiger partial charge in [0, 0.05) is 17.9 Å². The molecule has 1 unspecified atom stereocenters. The van der Waals surface area contributed by atoms with Gasteiger partial charge in [-0.25, -0.2) is 4.99 Å². The van der Waals surface area contributed by atoms with E-state index in [4.69, 9.17) is 9.47 Å². The van der Waals surface area contributed by atoms with Crippen LogP contribution in [0.4, 0.5) is 5.69 Å². The van der Waals surface area contributed by atoms with Crippen molar-refractivity contribution in [3.63, 3.8) is 0 Å². The van der Waals surface area contributed by atoms with Crippen molar-refractivity contribution in [2.24, 2.45) is 4.99 Å². The Hall–Kier alpha value is -2.86. The van der Waals surface area contributed by atoms with Gasteiger partial charge in [0.1, 0.15) is 5.75 Å². The van der Waals surface area contributed by atoms with Crippen LogP contribution in [-0.4, -0.2) is 38.2 Å². The summed E-state index contributed by atoms with van der Waals surface area (Å²) < 4.78 is 10.8. The number of amides is 1. The fourth-order valence-electron chi connectivity index (χ4n) is 2.79. The van der Waals surface area contributed by atoms with E-state index in [1.807, 2.05) is 43.3 Å². The number of benzene rings is 2. The predicted molar refractivity (Wildman–Crippen MR) is 107 cm³/mol. The maximum Gasteiger partial charge on any atom is 0.257 e. The molecule has 0 saturated carbocycles. The van der Waals surface area contributed by atoms with Crippen molar-refractivity contribution < 1.29 is 14.3 Å². The molecule has 0 spiro atoms. The number of methoxy groups -OCH3 is 1. The van der Waals surface area contributed by atoms with E-state index in [2.05, 4.69) is 15.6 Å². The van der Waals surface area contributed by atoms with Crippen LogP contribution in [0.1, 0.15) is 28.8 Å². The highest BCUT2D eigenvalue weighted by Crippen LogP contribution is 2.16. The largest absolute Gasteiger partial charge is 0.497 e. The first kappa shape index (κ1) is 18.9. The lowest BCUT2D eigenvalue weighted by molar-refractivity contribution is 0.0975. The molecule has 0 aliphatic carbocycles. The van der Waals surface area contributed by atoms with Gasteiger partial charge in [-0.2, -0.15) is 0 Å². The highest BCUT2D eigenvalue weighted by atomic mass is 16.5. The number of hydrogen-bond donors (Lipinski definition) is 2. The van der Waals surface area contributed by atoms with Gasteiger partial charge in [0.2, 0.25) is 5.96 Å². The maximum atomic E-state index is 12.6. The molecule has 1 aliphatic rings. The van der Waals surface area contributed by atoms with Gasteiger partial charge in [-0.05, 0) is 56.2 Å². The van der Waals surface area contributed by atoms with Gasteiger partial charge in [0.25, 0.3) is 5.91 Å². The summed E-state index contributed by atoms with van der Waals surface area (Å²) in [7, 11) is 1.62. The van der Waals surface area contributed by atoms with Crippen molar-refractivity contribution in [3.05, 3.63) is 59.7 Å². The minimum atomic E-state index is -0.206. The minimum absolute atomic E-state index is 0.106. The Labute approximate surface area is 159 Å². The molecule has 0 bridgehead atoms. The Morgan fingerprint density at radius 1 is 1.19 bits per heavy atom. The Balaban J connectivity index is 1.72. The monoisotopic (exact) mass is 367 g/mol. The highest BCUT2D eigenvalue weighted by molar-refractivity contribution is 6.09. The zero-order valence-corrected chi connectivity index (χ0v) is 15.7. The molecule has 6 heteroatoms. The number of aliphatic imine (C=N–C) groups is 1. The Morgan fingerprint density at radius 3 is 2.56 bits per heavy atom. The minimum Gasteiger partial charge on any atom is -0.497 e. The maximum absolute atomic E-state index is 12.6. The second-order valence-corrected chi connectivity index (χ2v) is 6.50. The average Bonchev–Trinajstić information content (AvgIpc) is 3.21. The summed E-state index contributed by atoms with van der Waals surface area (Å²) in [6.07, 6.45) is 2.15. The number of aryl methyl sites for hydroxylation is 1. The molecule has 2 aromatic carbocycles. The van der Waals surface area contributed by atoms with Crippen molar-refractivity contribution in [1.82, 2.24) is 5.32 Å². The first-order valence-corrected chi connectivity index (χ1v) is 9.09. The van der Waals surface area contributed by atoms with Gasteiger partial charge < -0.3 is 14.8 Å². The first-order chi connectivity index (χ1) is 13.1. The first-order valence-electron chi connectivity index (χ1n) is 9.09. The van der Waals surface area contributed by atoms with Crippen LogP contribution in [0.5, 0.6) is 5.75 Å². The van der Waals surface area contributed by atoms with Crippen LogP contribution >= 0.6 is 0 Å². The third kappa shape index (κ3) is 5.56. The van der Waals surface area contributed by atoms with Crippen LogP contribution in [0.2, 0.25) is 0 Å². The molecule has 1 saturated heterocycles. The molecule has 0 aromatic heterocycles. The summed E-state index contributed by atoms with van der Waals surface area (Å²) in [6, 6.07) is 14.9. The number of carbonyl (C=O) groups excluding carboxylic acids is 1. The van der Waals surface area contributed by atoms with Crippen LogP contribution in [-0.2, 0) is 4.74 Å². The van der Waals surface area contributed by atoms with Crippen LogP contribution < -0.4 is 15.4 Å². The molecule has 2 aromatic rings. The zero-order valence-electron chi connectivity index (χ0n) is 15.7. The second kappa shape index (κ2) is 9.19. The molecule has 142 valence electrons. The van der Waals surface area contributed by atoms with E-state index in [0.29, 0.717) is 18.1 Å². The molecule has 2 N–H and O–H groups in total. The Kier molecular flexibility index (Phi) is 6.44. The SMILES string of the molecule is COc1ccc(NC(=NCC2CCCO2)NC(=O)c2ccc(C)cc2)cc1. The molecule has 1 fully saturated rings.